The lowest BCUT2D eigenvalue weighted by atomic mass is 9.99. The summed E-state index contributed by atoms with van der Waals surface area (Å²) in [4.78, 5) is 84.0. The molecule has 15 nitrogen and oxygen atoms in total. The molecule has 0 bridgehead atoms. The average molecular weight is 776 g/mol. The zero-order chi connectivity index (χ0) is 40.2. The largest absolute Gasteiger partial charge is 0.496 e. The minimum atomic E-state index is -1.01. The smallest absolute Gasteiger partial charge is 0.264 e. The lowest BCUT2D eigenvalue weighted by Crippen LogP contribution is -2.54. The van der Waals surface area contributed by atoms with E-state index in [0.29, 0.717) is 42.2 Å². The molecule has 0 radical (unpaired) electrons. The van der Waals surface area contributed by atoms with Gasteiger partial charge in [0.15, 0.2) is 0 Å². The first-order chi connectivity index (χ1) is 27.4. The molecule has 1 unspecified atom stereocenters. The zero-order valence-electron chi connectivity index (χ0n) is 32.4. The number of carbonyl (C=O) groups is 5. The SMILES string of the molecule is COc1cc(-c2cn(C)c(=O)c3cnccc23)cc(OC)c1CN(C)C12CC1(C(=O)NCCCCCNc1cccc3c1C(=O)N(C1CCC(=O)NC1=O)C3=O)C2. The van der Waals surface area contributed by atoms with Crippen LogP contribution in [0.25, 0.3) is 21.9 Å². The van der Waals surface area contributed by atoms with Gasteiger partial charge in [0.2, 0.25) is 17.7 Å². The Bertz CT molecular complexity index is 2390. The molecule has 3 fully saturated rings. The number of hydrogen-bond donors (Lipinski definition) is 3. The zero-order valence-corrected chi connectivity index (χ0v) is 32.4. The summed E-state index contributed by atoms with van der Waals surface area (Å²) < 4.78 is 13.3. The van der Waals surface area contributed by atoms with Gasteiger partial charge < -0.3 is 24.7 Å². The standard InChI is InChI=1S/C42H45N7O8/c1-47-20-28(25-13-16-43-19-27(25)37(47)52)24-17-32(56-3)29(33(18-24)57-4)21-48(2)42-22-41(42,23-42)40(55)45-15-7-5-6-14-44-30-10-8-9-26-35(30)39(54)49(38(26)53)31-11-12-34(50)46-36(31)51/h8-10,13,16-20,31,44H,5-7,11-12,14-15,21-23H2,1-4H3,(H,45,55)(H,46,50,51). The molecule has 1 saturated heterocycles. The van der Waals surface area contributed by atoms with Crippen molar-refractivity contribution in [2.75, 3.05) is 39.7 Å². The Morgan fingerprint density at radius 2 is 1.70 bits per heavy atom. The van der Waals surface area contributed by atoms with Gasteiger partial charge in [0, 0.05) is 68.5 Å². The van der Waals surface area contributed by atoms with Crippen LogP contribution >= 0.6 is 0 Å². The van der Waals surface area contributed by atoms with Gasteiger partial charge in [-0.05, 0) is 86.9 Å². The number of hydrogen-bond acceptors (Lipinski definition) is 11. The van der Waals surface area contributed by atoms with Gasteiger partial charge in [-0.15, -0.1) is 0 Å². The number of amides is 5. The van der Waals surface area contributed by atoms with E-state index in [1.807, 2.05) is 31.4 Å². The summed E-state index contributed by atoms with van der Waals surface area (Å²) >= 11 is 0. The summed E-state index contributed by atoms with van der Waals surface area (Å²) in [5.41, 5.74) is 2.85. The second kappa shape index (κ2) is 14.4. The number of fused-ring (bicyclic) bond motifs is 3. The number of methoxy groups -OCH3 is 2. The Balaban J connectivity index is 0.828. The lowest BCUT2D eigenvalue weighted by molar-refractivity contribution is -0.136. The van der Waals surface area contributed by atoms with Crippen LogP contribution in [0.5, 0.6) is 11.5 Å². The van der Waals surface area contributed by atoms with Gasteiger partial charge in [-0.3, -0.25) is 48.9 Å². The van der Waals surface area contributed by atoms with E-state index in [2.05, 4.69) is 25.8 Å². The fraction of sp³-hybridized carbons (Fsp3) is 0.405. The minimum Gasteiger partial charge on any atom is -0.496 e. The fourth-order valence-electron chi connectivity index (χ4n) is 8.77. The lowest BCUT2D eigenvalue weighted by Gasteiger charge is -2.27. The van der Waals surface area contributed by atoms with Crippen molar-refractivity contribution in [3.05, 3.63) is 82.0 Å². The molecule has 296 valence electrons. The highest BCUT2D eigenvalue weighted by atomic mass is 16.5. The highest BCUT2D eigenvalue weighted by Crippen LogP contribution is 2.81. The monoisotopic (exact) mass is 775 g/mol. The molecule has 1 atom stereocenters. The molecule has 4 aromatic rings. The molecule has 2 aromatic heterocycles. The maximum atomic E-state index is 13.4. The van der Waals surface area contributed by atoms with Gasteiger partial charge in [0.1, 0.15) is 17.5 Å². The number of aryl methyl sites for hydroxylation is 1. The number of benzene rings is 2. The highest BCUT2D eigenvalue weighted by Gasteiger charge is 2.88. The highest BCUT2D eigenvalue weighted by molar-refractivity contribution is 6.25. The molecule has 2 aliphatic heterocycles. The third-order valence-electron chi connectivity index (χ3n) is 12.2. The number of nitrogens with zero attached hydrogens (tertiary/aromatic N) is 4. The van der Waals surface area contributed by atoms with Crippen molar-refractivity contribution in [3.63, 3.8) is 0 Å². The van der Waals surface area contributed by atoms with Crippen LogP contribution in [0.4, 0.5) is 5.69 Å². The summed E-state index contributed by atoms with van der Waals surface area (Å²) in [7, 11) is 7.01. The van der Waals surface area contributed by atoms with Crippen molar-refractivity contribution in [2.24, 2.45) is 12.5 Å². The van der Waals surface area contributed by atoms with Crippen LogP contribution in [0.3, 0.4) is 0 Å². The van der Waals surface area contributed by atoms with Crippen molar-refractivity contribution in [2.45, 2.75) is 63.1 Å². The molecular weight excluding hydrogens is 731 g/mol. The first-order valence-corrected chi connectivity index (χ1v) is 19.2. The number of carbonyl (C=O) groups excluding carboxylic acids is 5. The van der Waals surface area contributed by atoms with Crippen molar-refractivity contribution in [3.8, 4) is 22.6 Å². The van der Waals surface area contributed by atoms with E-state index in [9.17, 15) is 28.8 Å². The maximum absolute atomic E-state index is 13.4. The number of unbranched alkanes of at least 4 members (excludes halogenated alkanes) is 2. The fourth-order valence-corrected chi connectivity index (χ4v) is 8.77. The minimum absolute atomic E-state index is 0.0635. The van der Waals surface area contributed by atoms with E-state index in [0.717, 1.165) is 59.1 Å². The van der Waals surface area contributed by atoms with E-state index in [4.69, 9.17) is 9.47 Å². The molecule has 0 spiro atoms. The molecule has 4 heterocycles. The Hall–Kier alpha value is -6.09. The third-order valence-corrected chi connectivity index (χ3v) is 12.2. The van der Waals surface area contributed by atoms with Gasteiger partial charge in [0.25, 0.3) is 17.4 Å². The van der Waals surface area contributed by atoms with Crippen LogP contribution in [-0.2, 0) is 28.0 Å². The van der Waals surface area contributed by atoms with Crippen molar-refractivity contribution in [1.82, 2.24) is 30.0 Å². The van der Waals surface area contributed by atoms with E-state index >= 15 is 0 Å². The normalized spacial score (nSPS) is 22.0. The second-order valence-electron chi connectivity index (χ2n) is 15.5. The molecule has 4 aliphatic rings. The number of ether oxygens (including phenoxy) is 2. The van der Waals surface area contributed by atoms with Crippen molar-refractivity contribution in [1.29, 1.82) is 0 Å². The quantitative estimate of drug-likeness (QED) is 0.119. The molecule has 8 rings (SSSR count). The number of aromatic nitrogens is 2. The van der Waals surface area contributed by atoms with Crippen LogP contribution in [-0.4, -0.2) is 94.8 Å². The molecule has 2 saturated carbocycles. The number of imide groups is 2. The van der Waals surface area contributed by atoms with E-state index in [-0.39, 0.29) is 41.0 Å². The Morgan fingerprint density at radius 1 is 0.965 bits per heavy atom. The molecule has 57 heavy (non-hydrogen) atoms. The third kappa shape index (κ3) is 6.29. The van der Waals surface area contributed by atoms with E-state index < -0.39 is 35.1 Å². The number of anilines is 1. The summed E-state index contributed by atoms with van der Waals surface area (Å²) in [6.07, 6.45) is 9.19. The number of nitrogens with one attached hydrogen (secondary N) is 3. The topological polar surface area (TPSA) is 181 Å². The summed E-state index contributed by atoms with van der Waals surface area (Å²) in [6, 6.07) is 9.75. The van der Waals surface area contributed by atoms with Gasteiger partial charge >= 0.3 is 0 Å². The molecule has 3 N–H and O–H groups in total. The average Bonchev–Trinajstić information content (AvgIpc) is 4.05. The predicted molar refractivity (Wildman–Crippen MR) is 210 cm³/mol. The van der Waals surface area contributed by atoms with Gasteiger partial charge in [-0.25, -0.2) is 0 Å². The Kier molecular flexibility index (Phi) is 9.58. The molecule has 15 heteroatoms. The van der Waals surface area contributed by atoms with Gasteiger partial charge in [-0.2, -0.15) is 0 Å². The summed E-state index contributed by atoms with van der Waals surface area (Å²) in [5, 5.41) is 9.96. The van der Waals surface area contributed by atoms with Gasteiger partial charge in [0.05, 0.1) is 41.7 Å². The first kappa shape index (κ1) is 37.8. The van der Waals surface area contributed by atoms with Gasteiger partial charge in [-0.1, -0.05) is 6.07 Å². The second-order valence-corrected chi connectivity index (χ2v) is 15.5. The molecular formula is C42H45N7O8. The van der Waals surface area contributed by atoms with Crippen LogP contribution in [0, 0.1) is 5.41 Å². The molecule has 2 aliphatic carbocycles. The Morgan fingerprint density at radius 3 is 2.42 bits per heavy atom. The number of rotatable bonds is 15. The predicted octanol–water partition coefficient (Wildman–Crippen LogP) is 3.38. The van der Waals surface area contributed by atoms with E-state index in [1.54, 1.807) is 56.4 Å². The number of piperidine rings is 1. The molecule has 5 amide bonds. The maximum Gasteiger partial charge on any atom is 0.264 e. The summed E-state index contributed by atoms with van der Waals surface area (Å²) in [5.74, 6) is -0.759. The van der Waals surface area contributed by atoms with Crippen LogP contribution in [0.15, 0.2) is 59.8 Å². The van der Waals surface area contributed by atoms with Crippen LogP contribution < -0.4 is 31.0 Å². The summed E-state index contributed by atoms with van der Waals surface area (Å²) in [6.45, 7) is 1.62. The van der Waals surface area contributed by atoms with Crippen LogP contribution in [0.2, 0.25) is 0 Å². The molecule has 2 aromatic carbocycles. The van der Waals surface area contributed by atoms with Crippen molar-refractivity contribution < 1.29 is 33.4 Å². The van der Waals surface area contributed by atoms with Crippen molar-refractivity contribution >= 4 is 46.0 Å². The van der Waals surface area contributed by atoms with Crippen LogP contribution in [0.1, 0.15) is 71.2 Å². The first-order valence-electron chi connectivity index (χ1n) is 19.2. The van der Waals surface area contributed by atoms with E-state index in [1.165, 1.54) is 0 Å². The number of pyridine rings is 2. The Labute approximate surface area is 328 Å².